The lowest BCUT2D eigenvalue weighted by molar-refractivity contribution is 0.0974. The van der Waals surface area contributed by atoms with E-state index in [1.54, 1.807) is 30.7 Å². The number of benzene rings is 1. The Bertz CT molecular complexity index is 1560. The van der Waals surface area contributed by atoms with E-state index in [0.29, 0.717) is 11.7 Å². The number of hydrogen-bond donors (Lipinski definition) is 2. The molecule has 8 rings (SSSR count). The Hall–Kier alpha value is -4.30. The normalized spacial score (nSPS) is 20.8. The summed E-state index contributed by atoms with van der Waals surface area (Å²) in [6, 6.07) is 17.6. The summed E-state index contributed by atoms with van der Waals surface area (Å²) in [4.78, 5) is 16.2. The summed E-state index contributed by atoms with van der Waals surface area (Å²) in [5.41, 5.74) is 5.98. The first-order valence-corrected chi connectivity index (χ1v) is 12.8. The molecule has 2 N–H and O–H groups in total. The number of fused-ring (bicyclic) bond motifs is 4. The van der Waals surface area contributed by atoms with Crippen LogP contribution in [-0.2, 0) is 0 Å². The van der Waals surface area contributed by atoms with Crippen LogP contribution in [0, 0.1) is 5.92 Å². The zero-order valence-electron chi connectivity index (χ0n) is 20.3. The first kappa shape index (κ1) is 21.9. The fraction of sp³-hybridized carbons (Fsp3) is 0.241. The van der Waals surface area contributed by atoms with Crippen molar-refractivity contribution >= 4 is 11.5 Å². The number of rotatable bonds is 5. The van der Waals surface area contributed by atoms with Gasteiger partial charge in [-0.15, -0.1) is 0 Å². The van der Waals surface area contributed by atoms with Crippen molar-refractivity contribution < 1.29 is 5.11 Å². The van der Waals surface area contributed by atoms with Gasteiger partial charge in [-0.05, 0) is 79.9 Å². The van der Waals surface area contributed by atoms with Crippen molar-refractivity contribution in [1.82, 2.24) is 29.5 Å². The minimum atomic E-state index is 0.198. The largest absolute Gasteiger partial charge is 0.508 e. The highest BCUT2D eigenvalue weighted by atomic mass is 16.3. The van der Waals surface area contributed by atoms with Gasteiger partial charge in [0.25, 0.3) is 0 Å². The standard InChI is InChI=1S/C29H27N7O/c37-23-3-1-2-21(16-23)27-28(20-6-11-30-12-7-20)34-36-25(8-13-31-29(27)36)22-4-5-26(32-17-22)33-24-18-35-14-9-19(24)10-15-35/h1-8,11-13,16-17,19,24,37H,9-10,14-15,18H2,(H,32,33)/t24-/m0/s1. The minimum Gasteiger partial charge on any atom is -0.508 e. The van der Waals surface area contributed by atoms with Crippen molar-refractivity contribution in [2.45, 2.75) is 18.9 Å². The molecule has 3 saturated heterocycles. The molecule has 2 bridgehead atoms. The topological polar surface area (TPSA) is 91.5 Å². The Balaban J connectivity index is 1.29. The lowest BCUT2D eigenvalue weighted by Crippen LogP contribution is -2.53. The average molecular weight is 490 g/mol. The van der Waals surface area contributed by atoms with E-state index in [1.165, 1.54) is 25.9 Å². The predicted molar refractivity (Wildman–Crippen MR) is 143 cm³/mol. The number of aromatic nitrogens is 5. The zero-order chi connectivity index (χ0) is 24.8. The van der Waals surface area contributed by atoms with Crippen LogP contribution in [0.15, 0.2) is 79.4 Å². The van der Waals surface area contributed by atoms with Crippen molar-refractivity contribution in [3.05, 3.63) is 79.4 Å². The van der Waals surface area contributed by atoms with Crippen molar-refractivity contribution in [3.8, 4) is 39.4 Å². The molecule has 0 radical (unpaired) electrons. The van der Waals surface area contributed by atoms with Crippen LogP contribution in [0.2, 0.25) is 0 Å². The summed E-state index contributed by atoms with van der Waals surface area (Å²) in [5, 5.41) is 18.9. The maximum absolute atomic E-state index is 10.2. The third-order valence-corrected chi connectivity index (χ3v) is 7.66. The summed E-state index contributed by atoms with van der Waals surface area (Å²) in [7, 11) is 0. The Labute approximate surface area is 214 Å². The number of pyridine rings is 2. The molecule has 37 heavy (non-hydrogen) atoms. The van der Waals surface area contributed by atoms with Gasteiger partial charge in [-0.25, -0.2) is 14.5 Å². The molecule has 5 aromatic rings. The van der Waals surface area contributed by atoms with Crippen molar-refractivity contribution in [2.24, 2.45) is 5.92 Å². The molecule has 8 nitrogen and oxygen atoms in total. The highest BCUT2D eigenvalue weighted by Crippen LogP contribution is 2.37. The number of nitrogens with one attached hydrogen (secondary N) is 1. The molecule has 0 amide bonds. The second-order valence-electron chi connectivity index (χ2n) is 9.90. The van der Waals surface area contributed by atoms with Gasteiger partial charge in [0.05, 0.1) is 11.3 Å². The van der Waals surface area contributed by atoms with Crippen molar-refractivity contribution in [3.63, 3.8) is 0 Å². The Morgan fingerprint density at radius 3 is 2.46 bits per heavy atom. The van der Waals surface area contributed by atoms with Gasteiger partial charge in [0.15, 0.2) is 5.65 Å². The van der Waals surface area contributed by atoms with Gasteiger partial charge in [0.1, 0.15) is 17.3 Å². The minimum absolute atomic E-state index is 0.198. The monoisotopic (exact) mass is 489 g/mol. The molecule has 8 heteroatoms. The van der Waals surface area contributed by atoms with Gasteiger partial charge in [-0.1, -0.05) is 12.1 Å². The van der Waals surface area contributed by atoms with Crippen LogP contribution >= 0.6 is 0 Å². The molecule has 0 spiro atoms. The summed E-state index contributed by atoms with van der Waals surface area (Å²) >= 11 is 0. The first-order valence-electron chi connectivity index (χ1n) is 12.8. The lowest BCUT2D eigenvalue weighted by atomic mass is 9.84. The van der Waals surface area contributed by atoms with Gasteiger partial charge in [-0.3, -0.25) is 4.98 Å². The molecule has 184 valence electrons. The Morgan fingerprint density at radius 1 is 0.865 bits per heavy atom. The molecule has 3 aliphatic heterocycles. The van der Waals surface area contributed by atoms with E-state index in [4.69, 9.17) is 15.1 Å². The van der Waals surface area contributed by atoms with Gasteiger partial charge in [0.2, 0.25) is 0 Å². The van der Waals surface area contributed by atoms with Crippen LogP contribution in [0.5, 0.6) is 5.75 Å². The van der Waals surface area contributed by atoms with E-state index >= 15 is 0 Å². The third kappa shape index (κ3) is 3.99. The fourth-order valence-electron chi connectivity index (χ4n) is 5.75. The molecule has 0 saturated carbocycles. The van der Waals surface area contributed by atoms with E-state index in [0.717, 1.165) is 51.9 Å². The molecule has 0 unspecified atom stereocenters. The smallest absolute Gasteiger partial charge is 0.164 e. The lowest BCUT2D eigenvalue weighted by Gasteiger charge is -2.45. The van der Waals surface area contributed by atoms with E-state index in [1.807, 2.05) is 41.0 Å². The van der Waals surface area contributed by atoms with Crippen LogP contribution in [0.25, 0.3) is 39.3 Å². The molecule has 3 fully saturated rings. The third-order valence-electron chi connectivity index (χ3n) is 7.66. The van der Waals surface area contributed by atoms with Gasteiger partial charge >= 0.3 is 0 Å². The Morgan fingerprint density at radius 2 is 1.73 bits per heavy atom. The molecule has 7 heterocycles. The maximum Gasteiger partial charge on any atom is 0.164 e. The highest BCUT2D eigenvalue weighted by Gasteiger charge is 2.34. The van der Waals surface area contributed by atoms with Crippen molar-refractivity contribution in [2.75, 3.05) is 25.0 Å². The van der Waals surface area contributed by atoms with Crippen molar-refractivity contribution in [1.29, 1.82) is 0 Å². The zero-order valence-corrected chi connectivity index (χ0v) is 20.3. The quantitative estimate of drug-likeness (QED) is 0.369. The summed E-state index contributed by atoms with van der Waals surface area (Å²) in [5.74, 6) is 1.84. The molecule has 3 aliphatic rings. The number of hydrogen-bond acceptors (Lipinski definition) is 7. The van der Waals surface area contributed by atoms with Crippen LogP contribution < -0.4 is 5.32 Å². The second-order valence-corrected chi connectivity index (χ2v) is 9.90. The first-order chi connectivity index (χ1) is 18.2. The van der Waals surface area contributed by atoms with E-state index in [2.05, 4.69) is 27.3 Å². The second kappa shape index (κ2) is 8.97. The number of aromatic hydroxyl groups is 1. The van der Waals surface area contributed by atoms with Crippen LogP contribution in [0.1, 0.15) is 12.8 Å². The summed E-state index contributed by atoms with van der Waals surface area (Å²) in [6.07, 6.45) is 9.75. The number of phenolic OH excluding ortho intramolecular Hbond substituents is 1. The summed E-state index contributed by atoms with van der Waals surface area (Å²) in [6.45, 7) is 3.55. The summed E-state index contributed by atoms with van der Waals surface area (Å²) < 4.78 is 1.87. The SMILES string of the molecule is Oc1cccc(-c2c(-c3ccncc3)nn3c(-c4ccc(N[C@H]5CN6CCC5CC6)nc4)ccnc23)c1. The van der Waals surface area contributed by atoms with Crippen LogP contribution in [0.4, 0.5) is 5.82 Å². The van der Waals surface area contributed by atoms with E-state index in [-0.39, 0.29) is 5.75 Å². The number of phenols is 1. The van der Waals surface area contributed by atoms with Crippen LogP contribution in [-0.4, -0.2) is 60.2 Å². The molecule has 1 atom stereocenters. The van der Waals surface area contributed by atoms with E-state index in [9.17, 15) is 5.11 Å². The molecular formula is C29H27N7O. The number of anilines is 1. The molecule has 0 aliphatic carbocycles. The fourth-order valence-corrected chi connectivity index (χ4v) is 5.75. The highest BCUT2D eigenvalue weighted by molar-refractivity contribution is 5.91. The van der Waals surface area contributed by atoms with Gasteiger partial charge in [0, 0.05) is 48.5 Å². The van der Waals surface area contributed by atoms with Crippen LogP contribution in [0.3, 0.4) is 0 Å². The maximum atomic E-state index is 10.2. The molecular weight excluding hydrogens is 462 g/mol. The number of nitrogens with zero attached hydrogens (tertiary/aromatic N) is 6. The number of piperidine rings is 3. The molecule has 4 aromatic heterocycles. The Kier molecular flexibility index (Phi) is 5.32. The average Bonchev–Trinajstić information content (AvgIpc) is 3.35. The predicted octanol–water partition coefficient (Wildman–Crippen LogP) is 4.73. The van der Waals surface area contributed by atoms with E-state index < -0.39 is 0 Å². The van der Waals surface area contributed by atoms with Gasteiger partial charge < -0.3 is 15.3 Å². The molecule has 1 aromatic carbocycles. The van der Waals surface area contributed by atoms with Gasteiger partial charge in [-0.2, -0.15) is 5.10 Å².